The average molecular weight is 970 g/mol. The fourth-order valence-electron chi connectivity index (χ4n) is 7.81. The van der Waals surface area contributed by atoms with Gasteiger partial charge >= 0.3 is 0 Å². The number of ether oxygens (including phenoxy) is 3. The summed E-state index contributed by atoms with van der Waals surface area (Å²) in [5.74, 6) is -0.975. The molecule has 20 heteroatoms. The minimum absolute atomic E-state index is 0.00187. The first kappa shape index (κ1) is 49.6. The van der Waals surface area contributed by atoms with Crippen LogP contribution >= 0.6 is 11.3 Å². The number of benzene rings is 3. The van der Waals surface area contributed by atoms with E-state index in [-0.39, 0.29) is 60.9 Å². The SMILES string of the molecule is CNC(C)(C(N)=O)[C@H](Cc1ccc(OCCOCCOc2cc3ncnc(Nc4n[nH]c(C)c4C)c3cc2S(=O)(=O)C(C)(C)C)cc1)C(=O)N1CCC[C@H]1c1nc(C(=O)c2ccc(F)cc2)cs1. The molecule has 1 aliphatic heterocycles. The maximum absolute atomic E-state index is 14.5. The molecule has 5 N–H and O–H groups in total. The van der Waals surface area contributed by atoms with Crippen LogP contribution in [0.2, 0.25) is 0 Å². The van der Waals surface area contributed by atoms with E-state index in [4.69, 9.17) is 19.9 Å². The highest BCUT2D eigenvalue weighted by atomic mass is 32.2. The summed E-state index contributed by atoms with van der Waals surface area (Å²) in [6, 6.07) is 15.2. The maximum Gasteiger partial charge on any atom is 0.238 e. The first-order chi connectivity index (χ1) is 32.3. The van der Waals surface area contributed by atoms with Crippen molar-refractivity contribution in [1.82, 2.24) is 35.4 Å². The number of nitrogens with two attached hydrogens (primary N) is 1. The highest BCUT2D eigenvalue weighted by molar-refractivity contribution is 7.92. The number of halogens is 1. The van der Waals surface area contributed by atoms with Crippen LogP contribution in [0.1, 0.15) is 84.5 Å². The van der Waals surface area contributed by atoms with Crippen molar-refractivity contribution in [2.45, 2.75) is 82.0 Å². The normalized spacial score (nSPS) is 15.5. The smallest absolute Gasteiger partial charge is 0.238 e. The lowest BCUT2D eigenvalue weighted by atomic mass is 9.79. The first-order valence-electron chi connectivity index (χ1n) is 22.1. The number of aryl methyl sites for hydroxylation is 1. The molecule has 360 valence electrons. The highest BCUT2D eigenvalue weighted by Crippen LogP contribution is 2.39. The zero-order valence-corrected chi connectivity index (χ0v) is 40.6. The van der Waals surface area contributed by atoms with Gasteiger partial charge in [-0.15, -0.1) is 11.3 Å². The number of fused-ring (bicyclic) bond motifs is 1. The second kappa shape index (κ2) is 20.5. The Bertz CT molecular complexity index is 2900. The van der Waals surface area contributed by atoms with E-state index in [2.05, 4.69) is 35.8 Å². The predicted molar refractivity (Wildman–Crippen MR) is 256 cm³/mol. The molecule has 1 saturated heterocycles. The fraction of sp³-hybridized carbons (Fsp3) is 0.396. The summed E-state index contributed by atoms with van der Waals surface area (Å²) in [7, 11) is -2.29. The van der Waals surface area contributed by atoms with Crippen LogP contribution in [0.5, 0.6) is 11.5 Å². The molecule has 68 heavy (non-hydrogen) atoms. The standard InChI is InChI=1S/C48H56FN9O8S2/c1-28-29(2)56-57-42(28)55-43-34-24-40(68(62,63)47(3,4)5)39(25-36(34)52-27-53-43)66-22-20-64-19-21-65-33-16-10-30(11-17-33)23-35(48(6,51-7)46(50)61)45(60)58-18-8-9-38(58)44-54-37(26-67-44)41(59)31-12-14-32(49)15-13-31/h10-17,24-27,35,38,51H,8-9,18-23H2,1-7H3,(H2,50,61)(H2,52,53,55,56,57)/t35-,38+,48?/m1/s1. The molecule has 0 spiro atoms. The van der Waals surface area contributed by atoms with Gasteiger partial charge in [0.1, 0.15) is 63.8 Å². The molecule has 3 atom stereocenters. The highest BCUT2D eigenvalue weighted by Gasteiger charge is 2.47. The van der Waals surface area contributed by atoms with Gasteiger partial charge in [-0.1, -0.05) is 12.1 Å². The zero-order chi connectivity index (χ0) is 49.0. The largest absolute Gasteiger partial charge is 0.491 e. The molecule has 3 aromatic heterocycles. The lowest BCUT2D eigenvalue weighted by Crippen LogP contribution is -2.61. The number of likely N-dealkylation sites (N-methyl/N-ethyl adjacent to an activating group) is 1. The minimum atomic E-state index is -3.88. The van der Waals surface area contributed by atoms with E-state index in [1.165, 1.54) is 48.0 Å². The van der Waals surface area contributed by atoms with Crippen LogP contribution in [0.25, 0.3) is 10.9 Å². The number of aromatic nitrogens is 5. The number of sulfone groups is 1. The topological polar surface area (TPSA) is 234 Å². The van der Waals surface area contributed by atoms with Crippen molar-refractivity contribution < 1.29 is 41.4 Å². The first-order valence-corrected chi connectivity index (χ1v) is 24.5. The maximum atomic E-state index is 14.5. The summed E-state index contributed by atoms with van der Waals surface area (Å²) in [4.78, 5) is 55.7. The number of hydrogen-bond acceptors (Lipinski definition) is 15. The Balaban J connectivity index is 0.954. The molecule has 3 aromatic carbocycles. The van der Waals surface area contributed by atoms with Crippen molar-refractivity contribution in [3.63, 3.8) is 0 Å². The van der Waals surface area contributed by atoms with Crippen molar-refractivity contribution in [3.8, 4) is 11.5 Å². The van der Waals surface area contributed by atoms with Gasteiger partial charge in [-0.2, -0.15) is 5.10 Å². The summed E-state index contributed by atoms with van der Waals surface area (Å²) < 4.78 is 57.8. The molecule has 0 bridgehead atoms. The third-order valence-corrected chi connectivity index (χ3v) is 15.8. The summed E-state index contributed by atoms with van der Waals surface area (Å²) >= 11 is 1.28. The van der Waals surface area contributed by atoms with Crippen LogP contribution in [0.3, 0.4) is 0 Å². The molecule has 2 amide bonds. The van der Waals surface area contributed by atoms with Crippen molar-refractivity contribution >= 4 is 61.3 Å². The van der Waals surface area contributed by atoms with Gasteiger partial charge in [-0.3, -0.25) is 19.5 Å². The molecule has 1 unspecified atom stereocenters. The van der Waals surface area contributed by atoms with Crippen LogP contribution in [-0.4, -0.2) is 106 Å². The van der Waals surface area contributed by atoms with Gasteiger partial charge in [0.25, 0.3) is 0 Å². The number of nitrogens with zero attached hydrogens (tertiary/aromatic N) is 5. The van der Waals surface area contributed by atoms with Gasteiger partial charge < -0.3 is 35.5 Å². The number of amides is 2. The van der Waals surface area contributed by atoms with Crippen LogP contribution in [0, 0.1) is 25.6 Å². The van der Waals surface area contributed by atoms with E-state index in [0.717, 1.165) is 16.8 Å². The second-order valence-electron chi connectivity index (χ2n) is 17.7. The zero-order valence-electron chi connectivity index (χ0n) is 39.0. The minimum Gasteiger partial charge on any atom is -0.491 e. The van der Waals surface area contributed by atoms with Gasteiger partial charge in [0, 0.05) is 40.2 Å². The van der Waals surface area contributed by atoms with Gasteiger partial charge in [-0.05, 0) is 116 Å². The van der Waals surface area contributed by atoms with E-state index in [1.54, 1.807) is 63.2 Å². The second-order valence-corrected chi connectivity index (χ2v) is 21.3. The molecule has 0 saturated carbocycles. The van der Waals surface area contributed by atoms with Crippen LogP contribution in [0.4, 0.5) is 16.0 Å². The summed E-state index contributed by atoms with van der Waals surface area (Å²) in [5.41, 5.74) is 8.10. The van der Waals surface area contributed by atoms with Gasteiger partial charge in [0.15, 0.2) is 15.7 Å². The third-order valence-electron chi connectivity index (χ3n) is 12.3. The number of ketones is 1. The van der Waals surface area contributed by atoms with Crippen molar-refractivity contribution in [1.29, 1.82) is 0 Å². The lowest BCUT2D eigenvalue weighted by Gasteiger charge is -2.37. The Labute approximate surface area is 398 Å². The van der Waals surface area contributed by atoms with E-state index in [0.29, 0.717) is 58.2 Å². The molecule has 0 aliphatic carbocycles. The molecule has 0 radical (unpaired) electrons. The molecule has 4 heterocycles. The molecule has 6 aromatic rings. The predicted octanol–water partition coefficient (Wildman–Crippen LogP) is 6.57. The van der Waals surface area contributed by atoms with Crippen molar-refractivity contribution in [3.05, 3.63) is 111 Å². The Kier molecular flexibility index (Phi) is 14.9. The molecular weight excluding hydrogens is 914 g/mol. The van der Waals surface area contributed by atoms with Crippen molar-refractivity contribution in [2.75, 3.05) is 45.3 Å². The number of carbonyl (C=O) groups is 3. The summed E-state index contributed by atoms with van der Waals surface area (Å²) in [5, 5.41) is 16.2. The molecule has 17 nitrogen and oxygen atoms in total. The molecule has 7 rings (SSSR count). The summed E-state index contributed by atoms with van der Waals surface area (Å²) in [6.07, 6.45) is 2.90. The fourth-order valence-corrected chi connectivity index (χ4v) is 10.1. The lowest BCUT2D eigenvalue weighted by molar-refractivity contribution is -0.143. The van der Waals surface area contributed by atoms with Gasteiger partial charge in [0.05, 0.1) is 35.4 Å². The van der Waals surface area contributed by atoms with Gasteiger partial charge in [0.2, 0.25) is 17.6 Å². The number of thiazole rings is 1. The molecular formula is C48H56FN9O8S2. The third kappa shape index (κ3) is 10.5. The number of nitrogens with one attached hydrogen (secondary N) is 3. The Morgan fingerprint density at radius 3 is 2.32 bits per heavy atom. The summed E-state index contributed by atoms with van der Waals surface area (Å²) in [6.45, 7) is 11.3. The van der Waals surface area contributed by atoms with Crippen LogP contribution < -0.4 is 25.8 Å². The number of hydrogen-bond donors (Lipinski definition) is 4. The Morgan fingerprint density at radius 2 is 1.68 bits per heavy atom. The van der Waals surface area contributed by atoms with Crippen LogP contribution in [-0.2, 0) is 30.6 Å². The van der Waals surface area contributed by atoms with E-state index < -0.39 is 43.8 Å². The Hall–Kier alpha value is -6.35. The van der Waals surface area contributed by atoms with E-state index >= 15 is 0 Å². The number of carbonyl (C=O) groups excluding carboxylic acids is 3. The van der Waals surface area contributed by atoms with Crippen molar-refractivity contribution in [2.24, 2.45) is 11.7 Å². The Morgan fingerprint density at radius 1 is 0.971 bits per heavy atom. The monoisotopic (exact) mass is 969 g/mol. The molecule has 1 aliphatic rings. The van der Waals surface area contributed by atoms with E-state index in [9.17, 15) is 27.2 Å². The number of anilines is 2. The number of aromatic amines is 1. The number of H-pyrrole nitrogens is 1. The van der Waals surface area contributed by atoms with Gasteiger partial charge in [-0.25, -0.2) is 27.8 Å². The number of likely N-dealkylation sites (tertiary alicyclic amines) is 1. The van der Waals surface area contributed by atoms with Crippen LogP contribution in [0.15, 0.2) is 77.3 Å². The van der Waals surface area contributed by atoms with E-state index in [1.807, 2.05) is 26.0 Å². The number of rotatable bonds is 20. The quantitative estimate of drug-likeness (QED) is 0.0468. The molecule has 1 fully saturated rings. The average Bonchev–Trinajstić information content (AvgIpc) is 4.08. The number of primary amides is 1.